The van der Waals surface area contributed by atoms with Crippen molar-refractivity contribution in [2.45, 2.75) is 25.7 Å². The number of carboxylic acid groups (broad SMARTS) is 1. The maximum absolute atomic E-state index is 11.5. The van der Waals surface area contributed by atoms with Gasteiger partial charge in [-0.25, -0.2) is 13.1 Å². The molecule has 0 radical (unpaired) electrons. The Morgan fingerprint density at radius 3 is 2.44 bits per heavy atom. The summed E-state index contributed by atoms with van der Waals surface area (Å²) in [5.74, 6) is -1.65. The van der Waals surface area contributed by atoms with Gasteiger partial charge in [-0.2, -0.15) is 0 Å². The van der Waals surface area contributed by atoms with Crippen LogP contribution in [0.2, 0.25) is 0 Å². The van der Waals surface area contributed by atoms with E-state index in [1.165, 1.54) is 7.11 Å². The first-order valence-electron chi connectivity index (χ1n) is 5.59. The summed E-state index contributed by atoms with van der Waals surface area (Å²) in [7, 11) is -2.30. The van der Waals surface area contributed by atoms with Crippen molar-refractivity contribution >= 4 is 22.0 Å². The molecular formula is C10H17NO6S. The first-order valence-corrected chi connectivity index (χ1v) is 7.24. The molecule has 1 fully saturated rings. The second kappa shape index (κ2) is 5.66. The molecule has 0 unspecified atom stereocenters. The molecule has 104 valence electrons. The average molecular weight is 279 g/mol. The van der Waals surface area contributed by atoms with Crippen molar-refractivity contribution in [1.82, 2.24) is 4.72 Å². The molecule has 7 nitrogen and oxygen atoms in total. The van der Waals surface area contributed by atoms with E-state index < -0.39 is 27.4 Å². The van der Waals surface area contributed by atoms with E-state index in [1.54, 1.807) is 0 Å². The highest BCUT2D eigenvalue weighted by molar-refractivity contribution is 7.89. The summed E-state index contributed by atoms with van der Waals surface area (Å²) in [5, 5.41) is 8.89. The Bertz CT molecular complexity index is 426. The van der Waals surface area contributed by atoms with Crippen molar-refractivity contribution in [2.75, 3.05) is 19.4 Å². The molecule has 0 aliphatic heterocycles. The lowest BCUT2D eigenvalue weighted by Crippen LogP contribution is -2.35. The highest BCUT2D eigenvalue weighted by Gasteiger charge is 2.50. The Balaban J connectivity index is 2.32. The van der Waals surface area contributed by atoms with E-state index in [9.17, 15) is 18.0 Å². The van der Waals surface area contributed by atoms with Crippen LogP contribution in [-0.2, 0) is 24.3 Å². The van der Waals surface area contributed by atoms with E-state index in [1.807, 2.05) is 0 Å². The Labute approximate surface area is 106 Å². The SMILES string of the molecule is COC(=O)CCCS(=O)(=O)NCC1(C(=O)O)CC1. The maximum Gasteiger partial charge on any atom is 0.310 e. The average Bonchev–Trinajstić information content (AvgIpc) is 3.07. The largest absolute Gasteiger partial charge is 0.481 e. The van der Waals surface area contributed by atoms with Crippen LogP contribution in [0.5, 0.6) is 0 Å². The molecule has 1 aliphatic rings. The summed E-state index contributed by atoms with van der Waals surface area (Å²) >= 11 is 0. The minimum atomic E-state index is -3.53. The lowest BCUT2D eigenvalue weighted by Gasteiger charge is -2.11. The van der Waals surface area contributed by atoms with Crippen molar-refractivity contribution in [2.24, 2.45) is 5.41 Å². The summed E-state index contributed by atoms with van der Waals surface area (Å²) in [6.45, 7) is -0.0805. The van der Waals surface area contributed by atoms with E-state index in [0.717, 1.165) is 0 Å². The molecule has 0 aromatic carbocycles. The maximum atomic E-state index is 11.5. The van der Waals surface area contributed by atoms with Crippen molar-refractivity contribution in [3.05, 3.63) is 0 Å². The van der Waals surface area contributed by atoms with Gasteiger partial charge in [0.05, 0.1) is 18.3 Å². The lowest BCUT2D eigenvalue weighted by molar-refractivity contribution is -0.143. The number of sulfonamides is 1. The van der Waals surface area contributed by atoms with Gasteiger partial charge in [-0.3, -0.25) is 9.59 Å². The van der Waals surface area contributed by atoms with Gasteiger partial charge in [0.25, 0.3) is 0 Å². The number of methoxy groups -OCH3 is 1. The van der Waals surface area contributed by atoms with Crippen LogP contribution in [0.4, 0.5) is 0 Å². The number of aliphatic carboxylic acids is 1. The van der Waals surface area contributed by atoms with E-state index in [2.05, 4.69) is 9.46 Å². The molecule has 8 heteroatoms. The molecule has 0 heterocycles. The van der Waals surface area contributed by atoms with Gasteiger partial charge in [-0.15, -0.1) is 0 Å². The molecule has 0 aromatic rings. The second-order valence-corrected chi connectivity index (χ2v) is 6.33. The first-order chi connectivity index (χ1) is 8.31. The molecule has 2 N–H and O–H groups in total. The van der Waals surface area contributed by atoms with Crippen LogP contribution >= 0.6 is 0 Å². The molecule has 0 amide bonds. The van der Waals surface area contributed by atoms with Gasteiger partial charge in [-0.1, -0.05) is 0 Å². The van der Waals surface area contributed by atoms with Gasteiger partial charge in [0.15, 0.2) is 0 Å². The van der Waals surface area contributed by atoms with E-state index in [-0.39, 0.29) is 25.1 Å². The third-order valence-corrected chi connectivity index (χ3v) is 4.37. The summed E-state index contributed by atoms with van der Waals surface area (Å²) < 4.78 is 29.7. The molecule has 0 atom stereocenters. The Hall–Kier alpha value is -1.15. The third kappa shape index (κ3) is 4.26. The Morgan fingerprint density at radius 1 is 1.39 bits per heavy atom. The van der Waals surface area contributed by atoms with Gasteiger partial charge in [0, 0.05) is 13.0 Å². The molecule has 0 saturated heterocycles. The van der Waals surface area contributed by atoms with Crippen LogP contribution in [0.15, 0.2) is 0 Å². The van der Waals surface area contributed by atoms with Crippen molar-refractivity contribution in [1.29, 1.82) is 0 Å². The molecule has 0 spiro atoms. The zero-order chi connectivity index (χ0) is 13.8. The van der Waals surface area contributed by atoms with Gasteiger partial charge < -0.3 is 9.84 Å². The number of esters is 1. The lowest BCUT2D eigenvalue weighted by atomic mass is 10.1. The van der Waals surface area contributed by atoms with E-state index in [4.69, 9.17) is 5.11 Å². The van der Waals surface area contributed by atoms with Crippen molar-refractivity contribution in [3.63, 3.8) is 0 Å². The van der Waals surface area contributed by atoms with E-state index >= 15 is 0 Å². The summed E-state index contributed by atoms with van der Waals surface area (Å²) in [5.41, 5.74) is -0.921. The van der Waals surface area contributed by atoms with Crippen LogP contribution < -0.4 is 4.72 Å². The van der Waals surface area contributed by atoms with E-state index in [0.29, 0.717) is 12.8 Å². The van der Waals surface area contributed by atoms with Gasteiger partial charge >= 0.3 is 11.9 Å². The minimum Gasteiger partial charge on any atom is -0.481 e. The Kier molecular flexibility index (Phi) is 4.69. The normalized spacial score (nSPS) is 17.2. The van der Waals surface area contributed by atoms with Crippen LogP contribution in [0.3, 0.4) is 0 Å². The van der Waals surface area contributed by atoms with Crippen LogP contribution in [-0.4, -0.2) is 44.9 Å². The zero-order valence-corrected chi connectivity index (χ0v) is 11.0. The third-order valence-electron chi connectivity index (χ3n) is 2.96. The number of nitrogens with one attached hydrogen (secondary N) is 1. The number of hydrogen-bond donors (Lipinski definition) is 2. The number of carboxylic acids is 1. The number of carbonyl (C=O) groups excluding carboxylic acids is 1. The van der Waals surface area contributed by atoms with Crippen LogP contribution in [0.25, 0.3) is 0 Å². The topological polar surface area (TPSA) is 110 Å². The fraction of sp³-hybridized carbons (Fsp3) is 0.800. The molecule has 0 bridgehead atoms. The number of carbonyl (C=O) groups is 2. The zero-order valence-electron chi connectivity index (χ0n) is 10.1. The van der Waals surface area contributed by atoms with Gasteiger partial charge in [0.2, 0.25) is 10.0 Å². The monoisotopic (exact) mass is 279 g/mol. The fourth-order valence-electron chi connectivity index (χ4n) is 1.45. The Morgan fingerprint density at radius 2 is 2.00 bits per heavy atom. The van der Waals surface area contributed by atoms with Crippen LogP contribution in [0, 0.1) is 5.41 Å². The van der Waals surface area contributed by atoms with Crippen molar-refractivity contribution in [3.8, 4) is 0 Å². The van der Waals surface area contributed by atoms with Gasteiger partial charge in [-0.05, 0) is 19.3 Å². The quantitative estimate of drug-likeness (QED) is 0.591. The molecule has 0 aromatic heterocycles. The second-order valence-electron chi connectivity index (χ2n) is 4.41. The molecule has 1 rings (SSSR count). The summed E-state index contributed by atoms with van der Waals surface area (Å²) in [4.78, 5) is 21.6. The van der Waals surface area contributed by atoms with Crippen molar-refractivity contribution < 1.29 is 27.9 Å². The van der Waals surface area contributed by atoms with Gasteiger partial charge in [0.1, 0.15) is 0 Å². The fourth-order valence-corrected chi connectivity index (χ4v) is 2.61. The predicted octanol–water partition coefficient (Wildman–Crippen LogP) is -0.276. The number of ether oxygens (including phenoxy) is 1. The highest BCUT2D eigenvalue weighted by Crippen LogP contribution is 2.45. The molecule has 18 heavy (non-hydrogen) atoms. The molecule has 1 saturated carbocycles. The first kappa shape index (κ1) is 14.9. The summed E-state index contributed by atoms with van der Waals surface area (Å²) in [6, 6.07) is 0. The molecular weight excluding hydrogens is 262 g/mol. The highest BCUT2D eigenvalue weighted by atomic mass is 32.2. The number of rotatable bonds is 8. The van der Waals surface area contributed by atoms with Crippen LogP contribution in [0.1, 0.15) is 25.7 Å². The summed E-state index contributed by atoms with van der Waals surface area (Å²) in [6.07, 6.45) is 1.17. The minimum absolute atomic E-state index is 0.0292. The standard InChI is InChI=1S/C10H17NO6S/c1-17-8(12)3-2-6-18(15,16)11-7-10(4-5-10)9(13)14/h11H,2-7H2,1H3,(H,13,14). The number of hydrogen-bond acceptors (Lipinski definition) is 5. The molecule has 1 aliphatic carbocycles. The smallest absolute Gasteiger partial charge is 0.310 e. The predicted molar refractivity (Wildman–Crippen MR) is 62.3 cm³/mol.